The van der Waals surface area contributed by atoms with E-state index in [1.807, 2.05) is 0 Å². The Hall–Kier alpha value is -3.42. The molecule has 0 spiro atoms. The van der Waals surface area contributed by atoms with E-state index in [1.165, 1.54) is 21.3 Å². The molecule has 8 nitrogen and oxygen atoms in total. The van der Waals surface area contributed by atoms with Crippen molar-refractivity contribution in [3.63, 3.8) is 0 Å². The van der Waals surface area contributed by atoms with E-state index in [-0.39, 0.29) is 24.9 Å². The van der Waals surface area contributed by atoms with Crippen molar-refractivity contribution in [1.82, 2.24) is 10.6 Å². The number of unbranched alkanes of at least 4 members (excludes halogenated alkanes) is 1. The zero-order valence-electron chi connectivity index (χ0n) is 18.4. The predicted molar refractivity (Wildman–Crippen MR) is 117 cm³/mol. The summed E-state index contributed by atoms with van der Waals surface area (Å²) in [5.74, 6) is 1.67. The molecule has 31 heavy (non-hydrogen) atoms. The first-order valence-corrected chi connectivity index (χ1v) is 10.1. The molecule has 8 heteroatoms. The summed E-state index contributed by atoms with van der Waals surface area (Å²) in [6.07, 6.45) is 2.04. The summed E-state index contributed by atoms with van der Waals surface area (Å²) in [4.78, 5) is 24.5. The third-order valence-corrected chi connectivity index (χ3v) is 4.56. The van der Waals surface area contributed by atoms with Crippen molar-refractivity contribution < 1.29 is 28.5 Å². The van der Waals surface area contributed by atoms with Crippen LogP contribution in [0.4, 0.5) is 0 Å². The molecule has 2 N–H and O–H groups in total. The minimum absolute atomic E-state index is 0.150. The lowest BCUT2D eigenvalue weighted by Crippen LogP contribution is -2.36. The number of amides is 2. The monoisotopic (exact) mass is 430 g/mol. The number of hydrogen-bond acceptors (Lipinski definition) is 6. The molecule has 0 atom stereocenters. The van der Waals surface area contributed by atoms with Gasteiger partial charge >= 0.3 is 0 Å². The van der Waals surface area contributed by atoms with Crippen LogP contribution in [0.5, 0.6) is 23.0 Å². The van der Waals surface area contributed by atoms with Gasteiger partial charge in [0.15, 0.2) is 11.5 Å². The van der Waals surface area contributed by atoms with Gasteiger partial charge in [0.1, 0.15) is 11.5 Å². The van der Waals surface area contributed by atoms with Crippen molar-refractivity contribution in [2.75, 3.05) is 34.5 Å². The molecule has 0 aliphatic carbocycles. The fourth-order valence-corrected chi connectivity index (χ4v) is 2.79. The Balaban J connectivity index is 1.86. The number of rotatable bonds is 12. The fraction of sp³-hybridized carbons (Fsp3) is 0.391. The van der Waals surface area contributed by atoms with E-state index in [9.17, 15) is 9.59 Å². The van der Waals surface area contributed by atoms with Gasteiger partial charge in [-0.2, -0.15) is 0 Å². The van der Waals surface area contributed by atoms with Crippen LogP contribution in [0.15, 0.2) is 36.4 Å². The summed E-state index contributed by atoms with van der Waals surface area (Å²) >= 11 is 0. The van der Waals surface area contributed by atoms with Gasteiger partial charge in [0.05, 0.1) is 34.5 Å². The average molecular weight is 431 g/mol. The van der Waals surface area contributed by atoms with Gasteiger partial charge in [-0.1, -0.05) is 13.3 Å². The highest BCUT2D eigenvalue weighted by Crippen LogP contribution is 2.34. The molecule has 0 radical (unpaired) electrons. The minimum Gasteiger partial charge on any atom is -0.496 e. The molecule has 0 bridgehead atoms. The first-order chi connectivity index (χ1) is 15.0. The topological polar surface area (TPSA) is 95.1 Å². The van der Waals surface area contributed by atoms with Crippen molar-refractivity contribution in [2.45, 2.75) is 26.3 Å². The van der Waals surface area contributed by atoms with E-state index in [0.29, 0.717) is 35.2 Å². The summed E-state index contributed by atoms with van der Waals surface area (Å²) in [6.45, 7) is 2.80. The number of ether oxygens (including phenoxy) is 4. The largest absolute Gasteiger partial charge is 0.496 e. The second-order valence-electron chi connectivity index (χ2n) is 6.70. The van der Waals surface area contributed by atoms with E-state index in [0.717, 1.165) is 18.4 Å². The van der Waals surface area contributed by atoms with Crippen LogP contribution in [0.3, 0.4) is 0 Å². The molecule has 2 rings (SSSR count). The second kappa shape index (κ2) is 12.3. The Bertz CT molecular complexity index is 867. The highest BCUT2D eigenvalue weighted by atomic mass is 16.5. The van der Waals surface area contributed by atoms with Gasteiger partial charge in [-0.25, -0.2) is 0 Å². The zero-order valence-corrected chi connectivity index (χ0v) is 18.4. The summed E-state index contributed by atoms with van der Waals surface area (Å²) in [6, 6.07) is 10.3. The number of carbonyl (C=O) groups excluding carboxylic acids is 2. The standard InChI is InChI=1S/C23H30N2O6/c1-5-6-11-31-18-9-7-16(8-10-18)23(27)25-15-22(26)24-14-17-12-20(29-3)21(30-4)13-19(17)28-2/h7-10,12-13H,5-6,11,14-15H2,1-4H3,(H,24,26)(H,25,27). The van der Waals surface area contributed by atoms with Crippen molar-refractivity contribution in [3.8, 4) is 23.0 Å². The third-order valence-electron chi connectivity index (χ3n) is 4.56. The zero-order chi connectivity index (χ0) is 22.6. The Morgan fingerprint density at radius 2 is 1.52 bits per heavy atom. The number of hydrogen-bond donors (Lipinski definition) is 2. The van der Waals surface area contributed by atoms with Gasteiger partial charge in [-0.05, 0) is 36.8 Å². The first-order valence-electron chi connectivity index (χ1n) is 10.1. The van der Waals surface area contributed by atoms with Gasteiger partial charge in [-0.3, -0.25) is 9.59 Å². The van der Waals surface area contributed by atoms with E-state index in [2.05, 4.69) is 17.6 Å². The smallest absolute Gasteiger partial charge is 0.251 e. The maximum Gasteiger partial charge on any atom is 0.251 e. The van der Waals surface area contributed by atoms with Crippen molar-refractivity contribution in [3.05, 3.63) is 47.5 Å². The average Bonchev–Trinajstić information content (AvgIpc) is 2.81. The molecule has 0 unspecified atom stereocenters. The third kappa shape index (κ3) is 7.09. The van der Waals surface area contributed by atoms with Crippen LogP contribution in [0.1, 0.15) is 35.7 Å². The Morgan fingerprint density at radius 3 is 2.13 bits per heavy atom. The van der Waals surface area contributed by atoms with Crippen LogP contribution in [-0.4, -0.2) is 46.3 Å². The highest BCUT2D eigenvalue weighted by Gasteiger charge is 2.13. The lowest BCUT2D eigenvalue weighted by molar-refractivity contribution is -0.120. The van der Waals surface area contributed by atoms with E-state index in [4.69, 9.17) is 18.9 Å². The first kappa shape index (κ1) is 23.9. The molecule has 0 saturated carbocycles. The van der Waals surface area contributed by atoms with E-state index < -0.39 is 0 Å². The Kier molecular flexibility index (Phi) is 9.48. The highest BCUT2D eigenvalue weighted by molar-refractivity contribution is 5.96. The van der Waals surface area contributed by atoms with Gasteiger partial charge in [-0.15, -0.1) is 0 Å². The number of benzene rings is 2. The molecule has 0 fully saturated rings. The Labute approximate surface area is 182 Å². The van der Waals surface area contributed by atoms with Crippen LogP contribution in [0, 0.1) is 0 Å². The molecule has 0 aromatic heterocycles. The molecule has 2 aromatic rings. The molecule has 2 amide bonds. The van der Waals surface area contributed by atoms with Crippen LogP contribution in [0.2, 0.25) is 0 Å². The second-order valence-corrected chi connectivity index (χ2v) is 6.70. The van der Waals surface area contributed by atoms with Crippen LogP contribution in [-0.2, 0) is 11.3 Å². The minimum atomic E-state index is -0.334. The van der Waals surface area contributed by atoms with E-state index in [1.54, 1.807) is 36.4 Å². The fourth-order valence-electron chi connectivity index (χ4n) is 2.79. The molecule has 168 valence electrons. The van der Waals surface area contributed by atoms with Gasteiger partial charge in [0, 0.05) is 23.7 Å². The molecule has 0 aliphatic heterocycles. The lowest BCUT2D eigenvalue weighted by atomic mass is 10.1. The van der Waals surface area contributed by atoms with Crippen molar-refractivity contribution >= 4 is 11.8 Å². The quantitative estimate of drug-likeness (QED) is 0.503. The summed E-state index contributed by atoms with van der Waals surface area (Å²) < 4.78 is 21.5. The van der Waals surface area contributed by atoms with Crippen molar-refractivity contribution in [1.29, 1.82) is 0 Å². The predicted octanol–water partition coefficient (Wildman–Crippen LogP) is 2.94. The number of nitrogens with one attached hydrogen (secondary N) is 2. The van der Waals surface area contributed by atoms with Crippen LogP contribution >= 0.6 is 0 Å². The normalized spacial score (nSPS) is 10.2. The molecule has 2 aromatic carbocycles. The Morgan fingerprint density at radius 1 is 0.871 bits per heavy atom. The van der Waals surface area contributed by atoms with Crippen LogP contribution in [0.25, 0.3) is 0 Å². The molecule has 0 aliphatic rings. The van der Waals surface area contributed by atoms with E-state index >= 15 is 0 Å². The van der Waals surface area contributed by atoms with Gasteiger partial charge < -0.3 is 29.6 Å². The number of carbonyl (C=O) groups is 2. The maximum absolute atomic E-state index is 12.3. The maximum atomic E-state index is 12.3. The van der Waals surface area contributed by atoms with Gasteiger partial charge in [0.25, 0.3) is 5.91 Å². The molecule has 0 saturated heterocycles. The summed E-state index contributed by atoms with van der Waals surface area (Å²) in [5.41, 5.74) is 1.18. The van der Waals surface area contributed by atoms with Crippen molar-refractivity contribution in [2.24, 2.45) is 0 Å². The van der Waals surface area contributed by atoms with Crippen LogP contribution < -0.4 is 29.6 Å². The molecular weight excluding hydrogens is 400 g/mol. The SMILES string of the molecule is CCCCOc1ccc(C(=O)NCC(=O)NCc2cc(OC)c(OC)cc2OC)cc1. The number of methoxy groups -OCH3 is 3. The summed E-state index contributed by atoms with van der Waals surface area (Å²) in [7, 11) is 4.60. The lowest BCUT2D eigenvalue weighted by Gasteiger charge is -2.14. The molecule has 0 heterocycles. The van der Waals surface area contributed by atoms with Gasteiger partial charge in [0.2, 0.25) is 5.91 Å². The molecular formula is C23H30N2O6. The summed E-state index contributed by atoms with van der Waals surface area (Å²) in [5, 5.41) is 5.37.